The Morgan fingerprint density at radius 3 is 2.11 bits per heavy atom. The van der Waals surface area contributed by atoms with Crippen molar-refractivity contribution in [2.75, 3.05) is 18.4 Å². The highest BCUT2D eigenvalue weighted by Crippen LogP contribution is 2.16. The molecule has 4 atom stereocenters. The van der Waals surface area contributed by atoms with Crippen molar-refractivity contribution in [3.63, 3.8) is 0 Å². The van der Waals surface area contributed by atoms with Crippen LogP contribution in [0.3, 0.4) is 0 Å². The van der Waals surface area contributed by atoms with Gasteiger partial charge in [-0.05, 0) is 37.3 Å². The average molecular weight is 636 g/mol. The number of anilines is 1. The molecule has 10 N–H and O–H groups in total. The first-order chi connectivity index (χ1) is 21.1. The largest absolute Gasteiger partial charge is 0.481 e. The topological polar surface area (TPSA) is 290 Å². The number of carbonyl (C=O) groups is 6. The second-order valence-electron chi connectivity index (χ2n) is 10.1. The first kappa shape index (κ1) is 37.7. The van der Waals surface area contributed by atoms with E-state index in [4.69, 9.17) is 16.6 Å². The molecular formula is C27H41N9O9. The highest BCUT2D eigenvalue weighted by molar-refractivity contribution is 5.98. The molecule has 0 aliphatic carbocycles. The van der Waals surface area contributed by atoms with Gasteiger partial charge in [0.05, 0.1) is 11.5 Å². The molecule has 0 saturated heterocycles. The number of hydrogen-bond donors (Lipinski definition) is 8. The standard InChI is InChI=1S/C27H41N9O9/c1-4-15(2)23(32-16(3)37)26(43)35-20(11-12-22(39)40)24(41)31-14-21(38)34-19(6-5-13-30-27(28)29)25(42)33-17-7-9-18(10-8-17)36(44)45/h7-10,15,19-20,23H,4-6,11-14H2,1-3H3,(H,31,41)(H,32,37)(H,33,42)(H,34,38)(H,35,43)(H,39,40)(H4,28,29,30)/t15?,19-,20-,23-/m0/s1. The Labute approximate surface area is 259 Å². The maximum absolute atomic E-state index is 13.0. The van der Waals surface area contributed by atoms with E-state index in [1.54, 1.807) is 13.8 Å². The molecule has 1 unspecified atom stereocenters. The number of carboxylic acid groups (broad SMARTS) is 1. The third-order valence-electron chi connectivity index (χ3n) is 6.50. The molecule has 1 aromatic rings. The van der Waals surface area contributed by atoms with Crippen LogP contribution >= 0.6 is 0 Å². The van der Waals surface area contributed by atoms with E-state index in [1.165, 1.54) is 31.2 Å². The summed E-state index contributed by atoms with van der Waals surface area (Å²) in [5.41, 5.74) is 10.7. The number of non-ortho nitro benzene ring substituents is 1. The molecule has 0 spiro atoms. The molecule has 1 rings (SSSR count). The van der Waals surface area contributed by atoms with E-state index in [9.17, 15) is 38.9 Å². The average Bonchev–Trinajstić information content (AvgIpc) is 2.97. The van der Waals surface area contributed by atoms with Crippen LogP contribution in [0.2, 0.25) is 0 Å². The molecule has 18 nitrogen and oxygen atoms in total. The number of nitrogens with one attached hydrogen (secondary N) is 5. The molecule has 0 aliphatic rings. The monoisotopic (exact) mass is 635 g/mol. The zero-order chi connectivity index (χ0) is 34.1. The summed E-state index contributed by atoms with van der Waals surface area (Å²) < 4.78 is 0. The fraction of sp³-hybridized carbons (Fsp3) is 0.519. The van der Waals surface area contributed by atoms with Crippen LogP contribution in [0.5, 0.6) is 0 Å². The SMILES string of the molecule is CCC(C)[C@H](NC(C)=O)C(=O)N[C@@H](CCC(=O)O)C(=O)NCC(=O)N[C@@H](CCCN=C(N)N)C(=O)Nc1ccc([N+](=O)[O-])cc1. The summed E-state index contributed by atoms with van der Waals surface area (Å²) in [7, 11) is 0. The van der Waals surface area contributed by atoms with Crippen LogP contribution in [-0.2, 0) is 28.8 Å². The molecule has 0 radical (unpaired) electrons. The number of nitrogens with zero attached hydrogens (tertiary/aromatic N) is 2. The number of aliphatic carboxylic acids is 1. The van der Waals surface area contributed by atoms with Gasteiger partial charge in [-0.15, -0.1) is 0 Å². The van der Waals surface area contributed by atoms with Crippen molar-refractivity contribution < 1.29 is 38.8 Å². The molecule has 0 aromatic heterocycles. The molecule has 0 fully saturated rings. The zero-order valence-corrected chi connectivity index (χ0v) is 25.3. The number of rotatable bonds is 19. The first-order valence-corrected chi connectivity index (χ1v) is 14.1. The van der Waals surface area contributed by atoms with Crippen LogP contribution < -0.4 is 38.1 Å². The van der Waals surface area contributed by atoms with Crippen molar-refractivity contribution in [3.05, 3.63) is 34.4 Å². The van der Waals surface area contributed by atoms with E-state index >= 15 is 0 Å². The van der Waals surface area contributed by atoms with Gasteiger partial charge in [0.15, 0.2) is 5.96 Å². The van der Waals surface area contributed by atoms with E-state index in [0.717, 1.165) is 0 Å². The maximum Gasteiger partial charge on any atom is 0.303 e. The highest BCUT2D eigenvalue weighted by Gasteiger charge is 2.30. The first-order valence-electron chi connectivity index (χ1n) is 14.1. The van der Waals surface area contributed by atoms with Crippen molar-refractivity contribution in [2.45, 2.75) is 71.0 Å². The van der Waals surface area contributed by atoms with Gasteiger partial charge in [-0.3, -0.25) is 43.9 Å². The van der Waals surface area contributed by atoms with Crippen molar-refractivity contribution in [3.8, 4) is 0 Å². The lowest BCUT2D eigenvalue weighted by molar-refractivity contribution is -0.384. The van der Waals surface area contributed by atoms with E-state index in [2.05, 4.69) is 31.6 Å². The summed E-state index contributed by atoms with van der Waals surface area (Å²) in [6, 6.07) is 1.56. The number of nitro groups is 1. The molecule has 0 aliphatic heterocycles. The van der Waals surface area contributed by atoms with Crippen LogP contribution in [0.15, 0.2) is 29.3 Å². The number of nitro benzene ring substituents is 1. The van der Waals surface area contributed by atoms with E-state index in [-0.39, 0.29) is 49.1 Å². The number of nitrogens with two attached hydrogens (primary N) is 2. The summed E-state index contributed by atoms with van der Waals surface area (Å²) >= 11 is 0. The lowest BCUT2D eigenvalue weighted by Gasteiger charge is -2.26. The Bertz CT molecular complexity index is 1250. The van der Waals surface area contributed by atoms with Crippen LogP contribution in [0.25, 0.3) is 0 Å². The number of benzene rings is 1. The minimum absolute atomic E-state index is 0.0761. The van der Waals surface area contributed by atoms with Crippen LogP contribution in [0, 0.1) is 16.0 Å². The highest BCUT2D eigenvalue weighted by atomic mass is 16.6. The second kappa shape index (κ2) is 19.1. The molecule has 18 heteroatoms. The van der Waals surface area contributed by atoms with E-state index in [0.29, 0.717) is 6.42 Å². The lowest BCUT2D eigenvalue weighted by atomic mass is 9.97. The van der Waals surface area contributed by atoms with Gasteiger partial charge >= 0.3 is 5.97 Å². The molecule has 0 saturated carbocycles. The van der Waals surface area contributed by atoms with Gasteiger partial charge in [-0.25, -0.2) is 0 Å². The summed E-state index contributed by atoms with van der Waals surface area (Å²) in [5, 5.41) is 32.3. The lowest BCUT2D eigenvalue weighted by Crippen LogP contribution is -2.56. The van der Waals surface area contributed by atoms with E-state index in [1.807, 2.05) is 0 Å². The Morgan fingerprint density at radius 1 is 0.956 bits per heavy atom. The molecule has 1 aromatic carbocycles. The number of amides is 5. The molecule has 248 valence electrons. The minimum atomic E-state index is -1.34. The quantitative estimate of drug-likeness (QED) is 0.0302. The van der Waals surface area contributed by atoms with Crippen molar-refractivity contribution >= 4 is 52.8 Å². The Balaban J connectivity index is 2.97. The number of hydrogen-bond acceptors (Lipinski definition) is 9. The molecule has 5 amide bonds. The van der Waals surface area contributed by atoms with Gasteiger partial charge in [0, 0.05) is 37.7 Å². The van der Waals surface area contributed by atoms with Crippen LogP contribution in [-0.4, -0.2) is 82.7 Å². The summed E-state index contributed by atoms with van der Waals surface area (Å²) in [6.07, 6.45) is 0.103. The molecule has 0 bridgehead atoms. The number of guanidine groups is 1. The fourth-order valence-electron chi connectivity index (χ4n) is 3.92. The summed E-state index contributed by atoms with van der Waals surface area (Å²) in [6.45, 7) is 4.28. The molecule has 0 heterocycles. The van der Waals surface area contributed by atoms with Gasteiger partial charge in [0.25, 0.3) is 5.69 Å². The zero-order valence-electron chi connectivity index (χ0n) is 25.3. The Hall–Kier alpha value is -5.29. The van der Waals surface area contributed by atoms with Crippen LogP contribution in [0.4, 0.5) is 11.4 Å². The predicted molar refractivity (Wildman–Crippen MR) is 162 cm³/mol. The molecule has 45 heavy (non-hydrogen) atoms. The summed E-state index contributed by atoms with van der Waals surface area (Å²) in [5.74, 6) is -5.15. The Morgan fingerprint density at radius 2 is 1.58 bits per heavy atom. The number of carbonyl (C=O) groups excluding carboxylic acids is 5. The Kier molecular flexibility index (Phi) is 16.0. The van der Waals surface area contributed by atoms with Crippen molar-refractivity contribution in [1.82, 2.24) is 21.3 Å². The minimum Gasteiger partial charge on any atom is -0.481 e. The number of aliphatic imine (C=N–C) groups is 1. The van der Waals surface area contributed by atoms with Crippen LogP contribution in [0.1, 0.15) is 52.9 Å². The predicted octanol–water partition coefficient (Wildman–Crippen LogP) is -0.912. The van der Waals surface area contributed by atoms with Gasteiger partial charge < -0.3 is 43.2 Å². The molecular weight excluding hydrogens is 594 g/mol. The number of carboxylic acids is 1. The van der Waals surface area contributed by atoms with Crippen molar-refractivity contribution in [1.29, 1.82) is 0 Å². The van der Waals surface area contributed by atoms with Gasteiger partial charge in [0.2, 0.25) is 29.5 Å². The third kappa shape index (κ3) is 14.6. The van der Waals surface area contributed by atoms with E-state index < -0.39 is 71.5 Å². The normalized spacial score (nSPS) is 13.1. The van der Waals surface area contributed by atoms with Gasteiger partial charge in [-0.1, -0.05) is 20.3 Å². The second-order valence-corrected chi connectivity index (χ2v) is 10.1. The third-order valence-corrected chi connectivity index (χ3v) is 6.50. The fourth-order valence-corrected chi connectivity index (χ4v) is 3.92. The van der Waals surface area contributed by atoms with Gasteiger partial charge in [-0.2, -0.15) is 0 Å². The van der Waals surface area contributed by atoms with Crippen molar-refractivity contribution in [2.24, 2.45) is 22.4 Å². The summed E-state index contributed by atoms with van der Waals surface area (Å²) in [4.78, 5) is 88.5. The smallest absolute Gasteiger partial charge is 0.303 e. The maximum atomic E-state index is 13.0. The van der Waals surface area contributed by atoms with Gasteiger partial charge in [0.1, 0.15) is 18.1 Å².